The van der Waals surface area contributed by atoms with E-state index in [0.717, 1.165) is 11.1 Å². The smallest absolute Gasteiger partial charge is 0.0766 e. The zero-order valence-corrected chi connectivity index (χ0v) is 7.90. The van der Waals surface area contributed by atoms with E-state index in [4.69, 9.17) is 11.5 Å². The quantitative estimate of drug-likeness (QED) is 0.564. The van der Waals surface area contributed by atoms with Crippen LogP contribution in [0, 0.1) is 12.3 Å². The van der Waals surface area contributed by atoms with Crippen LogP contribution in [0.25, 0.3) is 5.57 Å². The molecule has 0 saturated carbocycles. The predicted molar refractivity (Wildman–Crippen MR) is 59.5 cm³/mol. The molecule has 0 saturated heterocycles. The number of terminal acetylenes is 1. The van der Waals surface area contributed by atoms with Gasteiger partial charge >= 0.3 is 0 Å². The molecule has 0 fully saturated rings. The zero-order valence-electron chi connectivity index (χ0n) is 7.90. The molecule has 0 bridgehead atoms. The summed E-state index contributed by atoms with van der Waals surface area (Å²) < 4.78 is 0. The second-order valence-corrected chi connectivity index (χ2v) is 2.76. The molecule has 0 aliphatic heterocycles. The van der Waals surface area contributed by atoms with Gasteiger partial charge in [-0.05, 0) is 11.1 Å². The monoisotopic (exact) mass is 184 g/mol. The molecular weight excluding hydrogens is 172 g/mol. The van der Waals surface area contributed by atoms with Crippen molar-refractivity contribution in [1.29, 1.82) is 0 Å². The normalized spacial score (nSPS) is 11.4. The Morgan fingerprint density at radius 2 is 2.07 bits per heavy atom. The van der Waals surface area contributed by atoms with E-state index >= 15 is 0 Å². The Morgan fingerprint density at radius 3 is 2.50 bits per heavy atom. The van der Waals surface area contributed by atoms with Gasteiger partial charge in [-0.3, -0.25) is 0 Å². The van der Waals surface area contributed by atoms with E-state index < -0.39 is 0 Å². The van der Waals surface area contributed by atoms with Crippen molar-refractivity contribution in [2.45, 2.75) is 0 Å². The van der Waals surface area contributed by atoms with Gasteiger partial charge in [0.2, 0.25) is 0 Å². The summed E-state index contributed by atoms with van der Waals surface area (Å²) in [6.45, 7) is 3.56. The van der Waals surface area contributed by atoms with Crippen molar-refractivity contribution in [2.24, 2.45) is 0 Å². The highest BCUT2D eigenvalue weighted by Crippen LogP contribution is 2.18. The molecular formula is C13H12O. The highest BCUT2D eigenvalue weighted by Gasteiger charge is 2.02. The van der Waals surface area contributed by atoms with E-state index in [9.17, 15) is 0 Å². The van der Waals surface area contributed by atoms with Crippen LogP contribution in [0.5, 0.6) is 0 Å². The van der Waals surface area contributed by atoms with Crippen molar-refractivity contribution in [2.75, 3.05) is 6.61 Å². The number of rotatable bonds is 3. The second-order valence-electron chi connectivity index (χ2n) is 2.76. The van der Waals surface area contributed by atoms with Gasteiger partial charge in [0.25, 0.3) is 0 Å². The van der Waals surface area contributed by atoms with Crippen molar-refractivity contribution >= 4 is 5.57 Å². The molecule has 0 radical (unpaired) electrons. The molecule has 1 aromatic carbocycles. The number of allylic oxidation sites excluding steroid dienone is 2. The van der Waals surface area contributed by atoms with Gasteiger partial charge in [-0.2, -0.15) is 0 Å². The lowest BCUT2D eigenvalue weighted by Crippen LogP contribution is -1.92. The second kappa shape index (κ2) is 5.06. The fourth-order valence-corrected chi connectivity index (χ4v) is 1.24. The van der Waals surface area contributed by atoms with Crippen LogP contribution in [-0.2, 0) is 0 Å². The minimum Gasteiger partial charge on any atom is -0.391 e. The first kappa shape index (κ1) is 10.3. The first-order chi connectivity index (χ1) is 6.83. The van der Waals surface area contributed by atoms with Crippen LogP contribution >= 0.6 is 0 Å². The number of aliphatic hydroxyl groups excluding tert-OH is 1. The van der Waals surface area contributed by atoms with Crippen molar-refractivity contribution in [3.05, 3.63) is 54.1 Å². The summed E-state index contributed by atoms with van der Waals surface area (Å²) >= 11 is 0. The Morgan fingerprint density at radius 1 is 1.43 bits per heavy atom. The first-order valence-corrected chi connectivity index (χ1v) is 4.32. The maximum Gasteiger partial charge on any atom is 0.0766 e. The van der Waals surface area contributed by atoms with E-state index in [1.165, 1.54) is 0 Å². The molecule has 1 aromatic rings. The highest BCUT2D eigenvalue weighted by molar-refractivity contribution is 5.79. The van der Waals surface area contributed by atoms with Crippen LogP contribution < -0.4 is 0 Å². The van der Waals surface area contributed by atoms with Gasteiger partial charge in [0.05, 0.1) is 6.61 Å². The molecule has 1 rings (SSSR count). The van der Waals surface area contributed by atoms with Crippen molar-refractivity contribution in [1.82, 2.24) is 0 Å². The molecule has 14 heavy (non-hydrogen) atoms. The third-order valence-electron chi connectivity index (χ3n) is 1.95. The van der Waals surface area contributed by atoms with Gasteiger partial charge in [-0.1, -0.05) is 48.9 Å². The Hall–Kier alpha value is -1.78. The summed E-state index contributed by atoms with van der Waals surface area (Å²) in [6.07, 6.45) is 6.95. The van der Waals surface area contributed by atoms with Crippen molar-refractivity contribution < 1.29 is 5.11 Å². The Balaban J connectivity index is 3.24. The predicted octanol–water partition coefficient (Wildman–Crippen LogP) is 2.25. The fraction of sp³-hybridized carbons (Fsp3) is 0.0769. The molecule has 0 aliphatic carbocycles. The molecule has 0 aromatic heterocycles. The van der Waals surface area contributed by atoms with Gasteiger partial charge < -0.3 is 5.11 Å². The number of benzene rings is 1. The van der Waals surface area contributed by atoms with Gasteiger partial charge in [0, 0.05) is 5.57 Å². The van der Waals surface area contributed by atoms with Gasteiger partial charge in [0.15, 0.2) is 0 Å². The van der Waals surface area contributed by atoms with Crippen molar-refractivity contribution in [3.8, 4) is 12.3 Å². The van der Waals surface area contributed by atoms with Crippen LogP contribution in [0.3, 0.4) is 0 Å². The molecule has 0 unspecified atom stereocenters. The maximum atomic E-state index is 9.04. The van der Waals surface area contributed by atoms with Crippen LogP contribution in [0.4, 0.5) is 0 Å². The van der Waals surface area contributed by atoms with Gasteiger partial charge in [0.1, 0.15) is 0 Å². The summed E-state index contributed by atoms with van der Waals surface area (Å²) in [5.41, 5.74) is 2.35. The Bertz CT molecular complexity index is 379. The molecule has 0 atom stereocenters. The largest absolute Gasteiger partial charge is 0.391 e. The zero-order chi connectivity index (χ0) is 10.4. The molecule has 0 heterocycles. The van der Waals surface area contributed by atoms with E-state index in [-0.39, 0.29) is 6.61 Å². The van der Waals surface area contributed by atoms with E-state index in [0.29, 0.717) is 5.57 Å². The van der Waals surface area contributed by atoms with Crippen LogP contribution in [0.1, 0.15) is 5.56 Å². The van der Waals surface area contributed by atoms with Gasteiger partial charge in [-0.15, -0.1) is 6.42 Å². The summed E-state index contributed by atoms with van der Waals surface area (Å²) in [5, 5.41) is 9.04. The molecule has 1 heteroatoms. The standard InChI is InChI=1S/C13H12O/c1-3-11(10-14)13(4-2)12-8-6-5-7-9-12/h1,4-9,14H,2,10H2. The average Bonchev–Trinajstić information content (AvgIpc) is 2.27. The first-order valence-electron chi connectivity index (χ1n) is 4.32. The Labute approximate surface area is 84.4 Å². The highest BCUT2D eigenvalue weighted by atomic mass is 16.3. The topological polar surface area (TPSA) is 20.2 Å². The van der Waals surface area contributed by atoms with Crippen LogP contribution in [-0.4, -0.2) is 11.7 Å². The lowest BCUT2D eigenvalue weighted by molar-refractivity contribution is 0.336. The molecule has 0 spiro atoms. The summed E-state index contributed by atoms with van der Waals surface area (Å²) in [6, 6.07) is 9.64. The van der Waals surface area contributed by atoms with Crippen molar-refractivity contribution in [3.63, 3.8) is 0 Å². The SMILES string of the molecule is C#CC(CO)=C(C=C)c1ccccc1. The van der Waals surface area contributed by atoms with Crippen LogP contribution in [0.15, 0.2) is 48.6 Å². The summed E-state index contributed by atoms with van der Waals surface area (Å²) in [5.74, 6) is 2.46. The number of aliphatic hydroxyl groups is 1. The number of hydrogen-bond acceptors (Lipinski definition) is 1. The Kier molecular flexibility index (Phi) is 3.72. The molecule has 70 valence electrons. The molecule has 0 amide bonds. The third kappa shape index (κ3) is 2.12. The van der Waals surface area contributed by atoms with E-state index in [1.54, 1.807) is 6.08 Å². The van der Waals surface area contributed by atoms with E-state index in [2.05, 4.69) is 12.5 Å². The molecule has 0 aliphatic rings. The minimum atomic E-state index is -0.132. The maximum absolute atomic E-state index is 9.04. The molecule has 1 N–H and O–H groups in total. The van der Waals surface area contributed by atoms with Crippen LogP contribution in [0.2, 0.25) is 0 Å². The fourth-order valence-electron chi connectivity index (χ4n) is 1.24. The van der Waals surface area contributed by atoms with E-state index in [1.807, 2.05) is 30.3 Å². The number of hydrogen-bond donors (Lipinski definition) is 1. The lowest BCUT2D eigenvalue weighted by atomic mass is 10.0. The summed E-state index contributed by atoms with van der Waals surface area (Å²) in [4.78, 5) is 0. The average molecular weight is 184 g/mol. The molecule has 1 nitrogen and oxygen atoms in total. The summed E-state index contributed by atoms with van der Waals surface area (Å²) in [7, 11) is 0. The van der Waals surface area contributed by atoms with Gasteiger partial charge in [-0.25, -0.2) is 0 Å². The minimum absolute atomic E-state index is 0.132. The lowest BCUT2D eigenvalue weighted by Gasteiger charge is -2.04. The third-order valence-corrected chi connectivity index (χ3v) is 1.95.